The Hall–Kier alpha value is -3.02. The number of fused-ring (bicyclic) bond motifs is 1. The van der Waals surface area contributed by atoms with Gasteiger partial charge in [-0.3, -0.25) is 28.0 Å². The van der Waals surface area contributed by atoms with Gasteiger partial charge in [0.25, 0.3) is 5.56 Å². The van der Waals surface area contributed by atoms with Gasteiger partial charge in [-0.2, -0.15) is 0 Å². The highest BCUT2D eigenvalue weighted by Gasteiger charge is 2.43. The molecule has 2 aliphatic rings. The first kappa shape index (κ1) is 26.6. The molecule has 0 aliphatic carbocycles. The summed E-state index contributed by atoms with van der Waals surface area (Å²) in [6, 6.07) is 0. The SMILES string of the molecule is Cc1cn(C2CC(OP(=O)(O)OCC3OC(n4cnc5c(N)ncnc54)CC3O)C(CO)O2)c(=O)[nH]c1=O. The molecule has 2 aliphatic heterocycles. The predicted octanol–water partition coefficient (Wildman–Crippen LogP) is -1.30. The summed E-state index contributed by atoms with van der Waals surface area (Å²) in [4.78, 5) is 48.5. The van der Waals surface area contributed by atoms with Crippen molar-refractivity contribution in [2.75, 3.05) is 18.9 Å². The number of nitrogens with one attached hydrogen (secondary N) is 1. The Labute approximate surface area is 213 Å². The molecule has 2 saturated heterocycles. The Morgan fingerprint density at radius 3 is 2.68 bits per heavy atom. The number of aliphatic hydroxyl groups excluding tert-OH is 2. The van der Waals surface area contributed by atoms with Crippen LogP contribution < -0.4 is 17.0 Å². The van der Waals surface area contributed by atoms with Crippen molar-refractivity contribution < 1.29 is 38.2 Å². The van der Waals surface area contributed by atoms with Gasteiger partial charge in [0, 0.05) is 24.6 Å². The Morgan fingerprint density at radius 1 is 1.18 bits per heavy atom. The second kappa shape index (κ2) is 10.3. The number of anilines is 1. The number of aromatic nitrogens is 6. The maximum absolute atomic E-state index is 12.7. The van der Waals surface area contributed by atoms with Crippen molar-refractivity contribution in [2.45, 2.75) is 56.6 Å². The van der Waals surface area contributed by atoms with E-state index in [2.05, 4.69) is 19.9 Å². The van der Waals surface area contributed by atoms with Crippen LogP contribution in [0, 0.1) is 6.92 Å². The molecule has 38 heavy (non-hydrogen) atoms. The van der Waals surface area contributed by atoms with Crippen LogP contribution in [0.3, 0.4) is 0 Å². The minimum atomic E-state index is -4.73. The molecule has 2 fully saturated rings. The quantitative estimate of drug-likeness (QED) is 0.203. The third-order valence-electron chi connectivity index (χ3n) is 6.39. The molecule has 6 N–H and O–H groups in total. The molecular formula is C20H26N7O10P. The Balaban J connectivity index is 1.22. The lowest BCUT2D eigenvalue weighted by atomic mass is 10.2. The van der Waals surface area contributed by atoms with Gasteiger partial charge >= 0.3 is 13.5 Å². The van der Waals surface area contributed by atoms with Crippen LogP contribution in [0.5, 0.6) is 0 Å². The van der Waals surface area contributed by atoms with Crippen LogP contribution in [0.25, 0.3) is 11.2 Å². The largest absolute Gasteiger partial charge is 0.472 e. The zero-order chi connectivity index (χ0) is 27.2. The van der Waals surface area contributed by atoms with Gasteiger partial charge in [0.1, 0.15) is 42.6 Å². The number of aromatic amines is 1. The normalized spacial score (nSPS) is 29.2. The molecule has 206 valence electrons. The van der Waals surface area contributed by atoms with Crippen LogP contribution in [0.4, 0.5) is 5.82 Å². The average Bonchev–Trinajstić information content (AvgIpc) is 3.57. The maximum Gasteiger partial charge on any atom is 0.472 e. The summed E-state index contributed by atoms with van der Waals surface area (Å²) in [7, 11) is -4.73. The molecule has 5 rings (SSSR count). The number of nitrogens with zero attached hydrogens (tertiary/aromatic N) is 5. The predicted molar refractivity (Wildman–Crippen MR) is 127 cm³/mol. The van der Waals surface area contributed by atoms with E-state index < -0.39 is 69.2 Å². The Bertz CT molecular complexity index is 1490. The lowest BCUT2D eigenvalue weighted by Gasteiger charge is -2.21. The van der Waals surface area contributed by atoms with Crippen molar-refractivity contribution in [3.8, 4) is 0 Å². The Morgan fingerprint density at radius 2 is 1.92 bits per heavy atom. The van der Waals surface area contributed by atoms with Gasteiger partial charge in [0.05, 0.1) is 25.6 Å². The van der Waals surface area contributed by atoms with E-state index in [1.54, 1.807) is 4.57 Å². The van der Waals surface area contributed by atoms with Gasteiger partial charge in [-0.05, 0) is 6.92 Å². The monoisotopic (exact) mass is 555 g/mol. The van der Waals surface area contributed by atoms with E-state index in [0.717, 1.165) is 4.57 Å². The van der Waals surface area contributed by atoms with Crippen LogP contribution in [0.1, 0.15) is 30.9 Å². The summed E-state index contributed by atoms with van der Waals surface area (Å²) in [6.45, 7) is 0.436. The van der Waals surface area contributed by atoms with E-state index in [1.807, 2.05) is 0 Å². The number of hydrogen-bond donors (Lipinski definition) is 5. The van der Waals surface area contributed by atoms with E-state index >= 15 is 0 Å². The highest BCUT2D eigenvalue weighted by molar-refractivity contribution is 7.47. The van der Waals surface area contributed by atoms with Crippen LogP contribution in [0.2, 0.25) is 0 Å². The fourth-order valence-corrected chi connectivity index (χ4v) is 5.39. The number of H-pyrrole nitrogens is 1. The molecule has 0 radical (unpaired) electrons. The molecule has 0 aromatic carbocycles. The molecule has 7 atom stereocenters. The zero-order valence-corrected chi connectivity index (χ0v) is 20.9. The number of aliphatic hydroxyl groups is 2. The fourth-order valence-electron chi connectivity index (χ4n) is 4.43. The van der Waals surface area contributed by atoms with Crippen LogP contribution in [-0.2, 0) is 23.1 Å². The minimum absolute atomic E-state index is 0.0894. The molecule has 17 nitrogen and oxygen atoms in total. The smallest absolute Gasteiger partial charge is 0.394 e. The molecule has 18 heteroatoms. The number of aryl methyl sites for hydroxylation is 1. The average molecular weight is 555 g/mol. The number of imidazole rings is 1. The van der Waals surface area contributed by atoms with Crippen molar-refractivity contribution in [3.05, 3.63) is 45.3 Å². The Kier molecular flexibility index (Phi) is 7.19. The fraction of sp³-hybridized carbons (Fsp3) is 0.550. The standard InChI is InChI=1S/C20H26N7O10P/c1-9-4-26(20(31)25-19(9)30)15-3-11(12(5-28)35-15)37-38(32,33)34-6-13-10(29)2-14(36-13)27-8-24-16-17(21)22-7-23-18(16)27/h4,7-8,10-15,28-29H,2-3,5-6H2,1H3,(H,32,33)(H2,21,22,23)(H,25,30,31). The van der Waals surface area contributed by atoms with Crippen LogP contribution in [-0.4, -0.2) is 81.8 Å². The van der Waals surface area contributed by atoms with E-state index in [1.165, 1.54) is 25.8 Å². The van der Waals surface area contributed by atoms with Crippen molar-refractivity contribution in [3.63, 3.8) is 0 Å². The molecule has 5 heterocycles. The van der Waals surface area contributed by atoms with Gasteiger partial charge in [-0.25, -0.2) is 24.3 Å². The van der Waals surface area contributed by atoms with Crippen LogP contribution >= 0.6 is 7.82 Å². The number of hydrogen-bond acceptors (Lipinski definition) is 13. The van der Waals surface area contributed by atoms with Crippen molar-refractivity contribution >= 4 is 24.8 Å². The first-order valence-electron chi connectivity index (χ1n) is 11.6. The van der Waals surface area contributed by atoms with E-state index in [0.29, 0.717) is 11.2 Å². The summed E-state index contributed by atoms with van der Waals surface area (Å²) in [5.41, 5.74) is 5.52. The van der Waals surface area contributed by atoms with E-state index in [-0.39, 0.29) is 24.2 Å². The third kappa shape index (κ3) is 5.14. The highest BCUT2D eigenvalue weighted by atomic mass is 31.2. The topological polar surface area (TPSA) is 239 Å². The molecular weight excluding hydrogens is 529 g/mol. The van der Waals surface area contributed by atoms with Crippen molar-refractivity contribution in [1.29, 1.82) is 0 Å². The molecule has 0 spiro atoms. The molecule has 0 amide bonds. The lowest BCUT2D eigenvalue weighted by molar-refractivity contribution is -0.0564. The minimum Gasteiger partial charge on any atom is -0.394 e. The highest BCUT2D eigenvalue weighted by Crippen LogP contribution is 2.49. The molecule has 3 aromatic rings. The molecule has 3 aromatic heterocycles. The third-order valence-corrected chi connectivity index (χ3v) is 7.40. The summed E-state index contributed by atoms with van der Waals surface area (Å²) >= 11 is 0. The van der Waals surface area contributed by atoms with Crippen molar-refractivity contribution in [2.24, 2.45) is 0 Å². The number of phosphoric acid groups is 1. The van der Waals surface area contributed by atoms with Gasteiger partial charge < -0.3 is 30.3 Å². The lowest BCUT2D eigenvalue weighted by Crippen LogP contribution is -2.33. The zero-order valence-electron chi connectivity index (χ0n) is 20.0. The van der Waals surface area contributed by atoms with Crippen molar-refractivity contribution in [1.82, 2.24) is 29.1 Å². The molecule has 0 saturated carbocycles. The summed E-state index contributed by atoms with van der Waals surface area (Å²) in [5.74, 6) is 0.186. The number of nitrogen functional groups attached to an aromatic ring is 1. The summed E-state index contributed by atoms with van der Waals surface area (Å²) in [6.07, 6.45) is -1.83. The van der Waals surface area contributed by atoms with Crippen LogP contribution in [0.15, 0.2) is 28.4 Å². The molecule has 7 unspecified atom stereocenters. The van der Waals surface area contributed by atoms with E-state index in [4.69, 9.17) is 24.3 Å². The molecule has 0 bridgehead atoms. The first-order chi connectivity index (χ1) is 18.1. The number of ether oxygens (including phenoxy) is 2. The first-order valence-corrected chi connectivity index (χ1v) is 13.1. The van der Waals surface area contributed by atoms with E-state index in [9.17, 15) is 29.3 Å². The van der Waals surface area contributed by atoms with Gasteiger partial charge in [-0.1, -0.05) is 0 Å². The number of rotatable bonds is 8. The van der Waals surface area contributed by atoms with Gasteiger partial charge in [0.15, 0.2) is 11.5 Å². The number of phosphoric ester groups is 1. The second-order valence-electron chi connectivity index (χ2n) is 8.95. The summed E-state index contributed by atoms with van der Waals surface area (Å²) in [5, 5.41) is 20.1. The second-order valence-corrected chi connectivity index (χ2v) is 10.4. The maximum atomic E-state index is 12.7. The van der Waals surface area contributed by atoms with Gasteiger partial charge in [0.2, 0.25) is 0 Å². The summed E-state index contributed by atoms with van der Waals surface area (Å²) < 4.78 is 37.1. The van der Waals surface area contributed by atoms with Gasteiger partial charge in [-0.15, -0.1) is 0 Å². The number of nitrogens with two attached hydrogens (primary N) is 1.